The summed E-state index contributed by atoms with van der Waals surface area (Å²) in [6, 6.07) is 23.7. The van der Waals surface area contributed by atoms with Crippen molar-refractivity contribution in [1.29, 1.82) is 0 Å². The molecule has 0 spiro atoms. The summed E-state index contributed by atoms with van der Waals surface area (Å²) in [6.45, 7) is 8.57. The third-order valence-corrected chi connectivity index (χ3v) is 9.85. The number of hydrogen-bond donors (Lipinski definition) is 2. The van der Waals surface area contributed by atoms with Crippen LogP contribution in [0.4, 0.5) is 0 Å². The third-order valence-electron chi connectivity index (χ3n) is 8.38. The molecule has 9 heteroatoms. The lowest BCUT2D eigenvalue weighted by molar-refractivity contribution is -0.158. The molecule has 47 heavy (non-hydrogen) atoms. The maximum Gasteiger partial charge on any atom is 0.349 e. The van der Waals surface area contributed by atoms with Gasteiger partial charge in [0.1, 0.15) is 36.6 Å². The molecule has 3 aromatic rings. The van der Waals surface area contributed by atoms with E-state index in [4.69, 9.17) is 18.9 Å². The summed E-state index contributed by atoms with van der Waals surface area (Å²) in [5.74, 6) is 2.45. The molecule has 0 bridgehead atoms. The van der Waals surface area contributed by atoms with Gasteiger partial charge in [0.2, 0.25) is 0 Å². The SMILES string of the molecule is CCCCS(=O)c1cc(OC[C@@H](O)CNC2CCC(c3ccc(OC(C)(C)C(=O)OCC)cc3)CC2)ccc1OCc1ccccc1. The Bertz CT molecular complexity index is 1410. The molecule has 8 nitrogen and oxygen atoms in total. The van der Waals surface area contributed by atoms with Crippen molar-refractivity contribution in [3.63, 3.8) is 0 Å². The zero-order valence-corrected chi connectivity index (χ0v) is 29.1. The molecular formula is C38H51NO7S. The van der Waals surface area contributed by atoms with E-state index in [2.05, 4.69) is 24.4 Å². The van der Waals surface area contributed by atoms with Crippen molar-refractivity contribution in [3.05, 3.63) is 83.9 Å². The number of esters is 1. The van der Waals surface area contributed by atoms with Gasteiger partial charge >= 0.3 is 5.97 Å². The quantitative estimate of drug-likeness (QED) is 0.141. The van der Waals surface area contributed by atoms with Crippen LogP contribution in [0.5, 0.6) is 17.2 Å². The van der Waals surface area contributed by atoms with Crippen molar-refractivity contribution in [2.45, 2.75) is 101 Å². The Labute approximate surface area is 282 Å². The third kappa shape index (κ3) is 11.4. The van der Waals surface area contributed by atoms with Crippen molar-refractivity contribution in [1.82, 2.24) is 5.32 Å². The number of nitrogens with one attached hydrogen (secondary N) is 1. The van der Waals surface area contributed by atoms with E-state index >= 15 is 0 Å². The van der Waals surface area contributed by atoms with Crippen LogP contribution in [0.25, 0.3) is 0 Å². The number of ether oxygens (including phenoxy) is 4. The largest absolute Gasteiger partial charge is 0.491 e. The Hall–Kier alpha value is -3.40. The molecule has 0 radical (unpaired) electrons. The van der Waals surface area contributed by atoms with Crippen molar-refractivity contribution in [2.24, 2.45) is 0 Å². The first-order valence-electron chi connectivity index (χ1n) is 16.9. The van der Waals surface area contributed by atoms with Crippen molar-refractivity contribution >= 4 is 16.8 Å². The lowest BCUT2D eigenvalue weighted by atomic mass is 9.81. The fraction of sp³-hybridized carbons (Fsp3) is 0.500. The van der Waals surface area contributed by atoms with E-state index in [9.17, 15) is 14.1 Å². The van der Waals surface area contributed by atoms with E-state index in [1.54, 1.807) is 26.8 Å². The van der Waals surface area contributed by atoms with E-state index in [0.29, 0.717) is 59.6 Å². The van der Waals surface area contributed by atoms with Crippen LogP contribution < -0.4 is 19.5 Å². The summed E-state index contributed by atoms with van der Waals surface area (Å²) in [6.07, 6.45) is 5.28. The molecule has 3 aromatic carbocycles. The highest BCUT2D eigenvalue weighted by molar-refractivity contribution is 7.85. The Kier molecular flexibility index (Phi) is 14.1. The molecule has 0 heterocycles. The fourth-order valence-electron chi connectivity index (χ4n) is 5.63. The van der Waals surface area contributed by atoms with Gasteiger partial charge in [-0.2, -0.15) is 0 Å². The summed E-state index contributed by atoms with van der Waals surface area (Å²) in [5.41, 5.74) is 1.26. The van der Waals surface area contributed by atoms with Gasteiger partial charge in [-0.1, -0.05) is 55.8 Å². The molecule has 0 aliphatic heterocycles. The van der Waals surface area contributed by atoms with Gasteiger partial charge in [-0.15, -0.1) is 0 Å². The number of unbranched alkanes of at least 4 members (excludes halogenated alkanes) is 1. The van der Waals surface area contributed by atoms with Crippen molar-refractivity contribution < 1.29 is 33.1 Å². The van der Waals surface area contributed by atoms with Crippen LogP contribution in [-0.2, 0) is 26.9 Å². The highest BCUT2D eigenvalue weighted by Crippen LogP contribution is 2.34. The molecule has 1 aliphatic carbocycles. The number of rotatable bonds is 18. The monoisotopic (exact) mass is 665 g/mol. The second-order valence-corrected chi connectivity index (χ2v) is 14.1. The predicted molar refractivity (Wildman–Crippen MR) is 186 cm³/mol. The topological polar surface area (TPSA) is 103 Å². The van der Waals surface area contributed by atoms with Gasteiger partial charge in [0.15, 0.2) is 5.60 Å². The maximum absolute atomic E-state index is 13.1. The maximum atomic E-state index is 13.1. The number of carbonyl (C=O) groups is 1. The molecule has 256 valence electrons. The lowest BCUT2D eigenvalue weighted by Gasteiger charge is -2.30. The number of hydrogen-bond acceptors (Lipinski definition) is 8. The number of aliphatic hydroxyl groups is 1. The molecule has 1 aliphatic rings. The Morgan fingerprint density at radius 2 is 1.66 bits per heavy atom. The second kappa shape index (κ2) is 18.2. The molecule has 0 saturated heterocycles. The molecular weight excluding hydrogens is 614 g/mol. The first-order chi connectivity index (χ1) is 22.7. The van der Waals surface area contributed by atoms with Gasteiger partial charge in [0.25, 0.3) is 0 Å². The number of carbonyl (C=O) groups excluding carboxylic acids is 1. The van der Waals surface area contributed by atoms with Crippen molar-refractivity contribution in [2.75, 3.05) is 25.5 Å². The van der Waals surface area contributed by atoms with E-state index in [1.807, 2.05) is 54.6 Å². The van der Waals surface area contributed by atoms with E-state index < -0.39 is 22.5 Å². The molecule has 2 atom stereocenters. The summed E-state index contributed by atoms with van der Waals surface area (Å²) in [5, 5.41) is 14.2. The zero-order chi connectivity index (χ0) is 33.6. The molecule has 1 fully saturated rings. The average Bonchev–Trinajstić information content (AvgIpc) is 3.09. The average molecular weight is 666 g/mol. The molecule has 1 unspecified atom stereocenters. The molecule has 0 aromatic heterocycles. The summed E-state index contributed by atoms with van der Waals surface area (Å²) >= 11 is 0. The van der Waals surface area contributed by atoms with Crippen LogP contribution in [0.1, 0.15) is 83.3 Å². The van der Waals surface area contributed by atoms with Gasteiger partial charge in [-0.3, -0.25) is 4.21 Å². The zero-order valence-electron chi connectivity index (χ0n) is 28.2. The first-order valence-corrected chi connectivity index (χ1v) is 18.2. The van der Waals surface area contributed by atoms with Gasteiger partial charge in [0.05, 0.1) is 22.3 Å². The van der Waals surface area contributed by atoms with E-state index in [0.717, 1.165) is 44.1 Å². The van der Waals surface area contributed by atoms with Crippen molar-refractivity contribution in [3.8, 4) is 17.2 Å². The van der Waals surface area contributed by atoms with Gasteiger partial charge < -0.3 is 29.4 Å². The number of aliphatic hydroxyl groups excluding tert-OH is 1. The summed E-state index contributed by atoms with van der Waals surface area (Å²) in [7, 11) is -1.21. The summed E-state index contributed by atoms with van der Waals surface area (Å²) < 4.78 is 36.1. The Morgan fingerprint density at radius 3 is 2.34 bits per heavy atom. The minimum Gasteiger partial charge on any atom is -0.491 e. The summed E-state index contributed by atoms with van der Waals surface area (Å²) in [4.78, 5) is 12.8. The molecule has 2 N–H and O–H groups in total. The highest BCUT2D eigenvalue weighted by Gasteiger charge is 2.31. The van der Waals surface area contributed by atoms with Crippen LogP contribution in [0.2, 0.25) is 0 Å². The van der Waals surface area contributed by atoms with E-state index in [-0.39, 0.29) is 12.6 Å². The van der Waals surface area contributed by atoms with Crippen LogP contribution >= 0.6 is 0 Å². The molecule has 4 rings (SSSR count). The minimum atomic E-state index is -1.21. The van der Waals surface area contributed by atoms with E-state index in [1.165, 1.54) is 5.56 Å². The molecule has 1 saturated carbocycles. The van der Waals surface area contributed by atoms with Crippen LogP contribution in [-0.4, -0.2) is 58.5 Å². The first kappa shape index (κ1) is 36.4. The van der Waals surface area contributed by atoms with Gasteiger partial charge in [-0.05, 0) is 94.2 Å². The minimum absolute atomic E-state index is 0.134. The van der Waals surface area contributed by atoms with Crippen LogP contribution in [0.3, 0.4) is 0 Å². The lowest BCUT2D eigenvalue weighted by Crippen LogP contribution is -2.40. The Morgan fingerprint density at radius 1 is 0.957 bits per heavy atom. The van der Waals surface area contributed by atoms with Gasteiger partial charge in [0, 0.05) is 24.4 Å². The highest BCUT2D eigenvalue weighted by atomic mass is 32.2. The Balaban J connectivity index is 1.22. The van der Waals surface area contributed by atoms with Crippen LogP contribution in [0, 0.1) is 0 Å². The van der Waals surface area contributed by atoms with Crippen LogP contribution in [0.15, 0.2) is 77.7 Å². The van der Waals surface area contributed by atoms with Gasteiger partial charge in [-0.25, -0.2) is 4.79 Å². The molecule has 0 amide bonds. The normalized spacial score (nSPS) is 17.8. The fourth-order valence-corrected chi connectivity index (χ4v) is 7.00. The smallest absolute Gasteiger partial charge is 0.349 e. The predicted octanol–water partition coefficient (Wildman–Crippen LogP) is 6.95. The second-order valence-electron chi connectivity index (χ2n) is 12.6. The standard InChI is InChI=1S/C38H51NO7S/c1-5-7-23-47(42)36-24-34(21-22-35(36)45-26-28-11-9-8-10-12-28)44-27-32(40)25-39-31-17-13-29(14-18-31)30-15-19-33(20-16-30)46-38(3,4)37(41)43-6-2/h8-12,15-16,19-22,24,29,31-32,39-40H,5-7,13-14,17-18,23,25-27H2,1-4H3/t29?,31?,32-,47?/m0/s1. The number of benzene rings is 3.